The Labute approximate surface area is 117 Å². The second-order valence-electron chi connectivity index (χ2n) is 5.09. The molecule has 0 rings (SSSR count). The van der Waals surface area contributed by atoms with E-state index in [1.165, 1.54) is 57.8 Å². The standard InChI is InChI=1S/C15H30O2S/c1-3-4-5-6-7-8-9-10-11-14(2)18-13-12-15(16)17/h14H,3-13H2,1-2H3,(H,16,17). The first-order valence-corrected chi connectivity index (χ1v) is 8.55. The van der Waals surface area contributed by atoms with Gasteiger partial charge in [0.05, 0.1) is 6.42 Å². The Balaban J connectivity index is 3.15. The first kappa shape index (κ1) is 17.8. The smallest absolute Gasteiger partial charge is 0.304 e. The molecule has 3 heteroatoms. The fourth-order valence-corrected chi connectivity index (χ4v) is 3.02. The molecule has 0 radical (unpaired) electrons. The molecule has 0 amide bonds. The van der Waals surface area contributed by atoms with E-state index in [1.54, 1.807) is 11.8 Å². The van der Waals surface area contributed by atoms with Gasteiger partial charge in [-0.2, -0.15) is 11.8 Å². The monoisotopic (exact) mass is 274 g/mol. The predicted molar refractivity (Wildman–Crippen MR) is 81.4 cm³/mol. The average molecular weight is 274 g/mol. The summed E-state index contributed by atoms with van der Waals surface area (Å²) in [6.07, 6.45) is 12.4. The molecule has 2 nitrogen and oxygen atoms in total. The van der Waals surface area contributed by atoms with E-state index in [-0.39, 0.29) is 0 Å². The third-order valence-electron chi connectivity index (χ3n) is 3.18. The van der Waals surface area contributed by atoms with Gasteiger partial charge >= 0.3 is 5.97 Å². The Bertz CT molecular complexity index is 195. The summed E-state index contributed by atoms with van der Waals surface area (Å²) in [6, 6.07) is 0. The molecule has 0 saturated carbocycles. The van der Waals surface area contributed by atoms with Crippen LogP contribution in [0, 0.1) is 0 Å². The number of hydrogen-bond donors (Lipinski definition) is 1. The average Bonchev–Trinajstić information content (AvgIpc) is 2.32. The maximum absolute atomic E-state index is 10.4. The number of unbranched alkanes of at least 4 members (excludes halogenated alkanes) is 7. The molecule has 0 fully saturated rings. The van der Waals surface area contributed by atoms with Crippen molar-refractivity contribution in [3.8, 4) is 0 Å². The van der Waals surface area contributed by atoms with E-state index >= 15 is 0 Å². The minimum atomic E-state index is -0.679. The zero-order valence-corrected chi connectivity index (χ0v) is 12.9. The zero-order valence-electron chi connectivity index (χ0n) is 12.1. The summed E-state index contributed by atoms with van der Waals surface area (Å²) in [4.78, 5) is 10.4. The van der Waals surface area contributed by atoms with Crippen LogP contribution in [0.4, 0.5) is 0 Å². The number of carboxylic acids is 1. The lowest BCUT2D eigenvalue weighted by Gasteiger charge is -2.10. The quantitative estimate of drug-likeness (QED) is 0.474. The second kappa shape index (κ2) is 13.3. The molecule has 0 aromatic heterocycles. The van der Waals surface area contributed by atoms with Crippen LogP contribution in [0.2, 0.25) is 0 Å². The Kier molecular flexibility index (Phi) is 13.1. The van der Waals surface area contributed by atoms with Crippen LogP contribution < -0.4 is 0 Å². The molecule has 0 aromatic rings. The number of rotatable bonds is 13. The van der Waals surface area contributed by atoms with Crippen molar-refractivity contribution in [2.45, 2.75) is 83.3 Å². The Morgan fingerprint density at radius 2 is 1.61 bits per heavy atom. The van der Waals surface area contributed by atoms with Crippen molar-refractivity contribution in [1.29, 1.82) is 0 Å². The van der Waals surface area contributed by atoms with Gasteiger partial charge < -0.3 is 5.11 Å². The maximum Gasteiger partial charge on any atom is 0.304 e. The van der Waals surface area contributed by atoms with E-state index < -0.39 is 5.97 Å². The molecule has 0 bridgehead atoms. The van der Waals surface area contributed by atoms with Crippen LogP contribution >= 0.6 is 11.8 Å². The largest absolute Gasteiger partial charge is 0.481 e. The van der Waals surface area contributed by atoms with Crippen molar-refractivity contribution >= 4 is 17.7 Å². The highest BCUT2D eigenvalue weighted by atomic mass is 32.2. The van der Waals surface area contributed by atoms with Gasteiger partial charge in [-0.25, -0.2) is 0 Å². The molecule has 0 aromatic carbocycles. The maximum atomic E-state index is 10.4. The highest BCUT2D eigenvalue weighted by molar-refractivity contribution is 7.99. The third kappa shape index (κ3) is 13.9. The Morgan fingerprint density at radius 1 is 1.06 bits per heavy atom. The van der Waals surface area contributed by atoms with Crippen LogP contribution in [0.1, 0.15) is 78.1 Å². The lowest BCUT2D eigenvalue weighted by molar-refractivity contribution is -0.136. The molecular weight excluding hydrogens is 244 g/mol. The van der Waals surface area contributed by atoms with E-state index in [2.05, 4.69) is 13.8 Å². The molecule has 0 saturated heterocycles. The highest BCUT2D eigenvalue weighted by Crippen LogP contribution is 2.19. The summed E-state index contributed by atoms with van der Waals surface area (Å²) in [7, 11) is 0. The molecule has 0 heterocycles. The van der Waals surface area contributed by atoms with Crippen molar-refractivity contribution < 1.29 is 9.90 Å². The number of carboxylic acid groups (broad SMARTS) is 1. The van der Waals surface area contributed by atoms with Crippen molar-refractivity contribution in [3.63, 3.8) is 0 Å². The van der Waals surface area contributed by atoms with Crippen LogP contribution in [0.5, 0.6) is 0 Å². The molecular formula is C15H30O2S. The summed E-state index contributed by atoms with van der Waals surface area (Å²) in [5.41, 5.74) is 0. The fourth-order valence-electron chi connectivity index (χ4n) is 2.00. The Hall–Kier alpha value is -0.180. The van der Waals surface area contributed by atoms with Crippen molar-refractivity contribution in [2.24, 2.45) is 0 Å². The lowest BCUT2D eigenvalue weighted by atomic mass is 10.1. The second-order valence-corrected chi connectivity index (χ2v) is 6.64. The summed E-state index contributed by atoms with van der Waals surface area (Å²) in [5.74, 6) is 0.0785. The summed E-state index contributed by atoms with van der Waals surface area (Å²) >= 11 is 1.80. The van der Waals surface area contributed by atoms with Crippen LogP contribution in [0.25, 0.3) is 0 Å². The summed E-state index contributed by atoms with van der Waals surface area (Å²) in [5, 5.41) is 9.16. The molecule has 0 aliphatic rings. The van der Waals surface area contributed by atoms with Gasteiger partial charge in [-0.05, 0) is 6.42 Å². The van der Waals surface area contributed by atoms with Gasteiger partial charge in [0, 0.05) is 11.0 Å². The van der Waals surface area contributed by atoms with E-state index in [9.17, 15) is 4.79 Å². The van der Waals surface area contributed by atoms with E-state index in [4.69, 9.17) is 5.11 Å². The van der Waals surface area contributed by atoms with Gasteiger partial charge in [0.2, 0.25) is 0 Å². The van der Waals surface area contributed by atoms with E-state index in [1.807, 2.05) is 0 Å². The molecule has 108 valence electrons. The molecule has 18 heavy (non-hydrogen) atoms. The molecule has 1 unspecified atom stereocenters. The molecule has 1 N–H and O–H groups in total. The van der Waals surface area contributed by atoms with Crippen molar-refractivity contribution in [1.82, 2.24) is 0 Å². The van der Waals surface area contributed by atoms with Gasteiger partial charge in [0.15, 0.2) is 0 Å². The van der Waals surface area contributed by atoms with Gasteiger partial charge in [-0.1, -0.05) is 65.2 Å². The van der Waals surface area contributed by atoms with Gasteiger partial charge in [-0.3, -0.25) is 4.79 Å². The lowest BCUT2D eigenvalue weighted by Crippen LogP contribution is -2.01. The summed E-state index contributed by atoms with van der Waals surface area (Å²) < 4.78 is 0. The van der Waals surface area contributed by atoms with Gasteiger partial charge in [0.1, 0.15) is 0 Å². The Morgan fingerprint density at radius 3 is 2.17 bits per heavy atom. The zero-order chi connectivity index (χ0) is 13.6. The minimum Gasteiger partial charge on any atom is -0.481 e. The predicted octanol–water partition coefficient (Wildman–Crippen LogP) is 5.11. The molecule has 1 atom stereocenters. The van der Waals surface area contributed by atoms with Gasteiger partial charge in [-0.15, -0.1) is 0 Å². The molecule has 0 aliphatic heterocycles. The minimum absolute atomic E-state index is 0.298. The first-order chi connectivity index (χ1) is 8.66. The molecule has 0 aliphatic carbocycles. The van der Waals surface area contributed by atoms with Crippen molar-refractivity contribution in [2.75, 3.05) is 5.75 Å². The van der Waals surface area contributed by atoms with Crippen LogP contribution in [0.3, 0.4) is 0 Å². The van der Waals surface area contributed by atoms with Crippen molar-refractivity contribution in [3.05, 3.63) is 0 Å². The highest BCUT2D eigenvalue weighted by Gasteiger charge is 2.04. The SMILES string of the molecule is CCCCCCCCCCC(C)SCCC(=O)O. The number of hydrogen-bond acceptors (Lipinski definition) is 2. The third-order valence-corrected chi connectivity index (χ3v) is 4.43. The topological polar surface area (TPSA) is 37.3 Å². The number of carbonyl (C=O) groups is 1. The van der Waals surface area contributed by atoms with Crippen LogP contribution in [-0.4, -0.2) is 22.1 Å². The van der Waals surface area contributed by atoms with E-state index in [0.717, 1.165) is 5.75 Å². The number of thioether (sulfide) groups is 1. The van der Waals surface area contributed by atoms with Gasteiger partial charge in [0.25, 0.3) is 0 Å². The molecule has 0 spiro atoms. The fraction of sp³-hybridized carbons (Fsp3) is 0.933. The summed E-state index contributed by atoms with van der Waals surface area (Å²) in [6.45, 7) is 4.47. The van der Waals surface area contributed by atoms with Crippen LogP contribution in [0.15, 0.2) is 0 Å². The first-order valence-electron chi connectivity index (χ1n) is 7.50. The normalized spacial score (nSPS) is 12.6. The van der Waals surface area contributed by atoms with Crippen LogP contribution in [-0.2, 0) is 4.79 Å². The van der Waals surface area contributed by atoms with E-state index in [0.29, 0.717) is 11.7 Å². The number of aliphatic carboxylic acids is 1.